The summed E-state index contributed by atoms with van der Waals surface area (Å²) in [5.41, 5.74) is 1.38. The lowest BCUT2D eigenvalue weighted by Gasteiger charge is -2.08. The zero-order valence-electron chi connectivity index (χ0n) is 11.4. The summed E-state index contributed by atoms with van der Waals surface area (Å²) in [6.45, 7) is 4.34. The van der Waals surface area contributed by atoms with E-state index in [0.717, 1.165) is 25.0 Å². The number of halogens is 1. The van der Waals surface area contributed by atoms with Gasteiger partial charge in [0.05, 0.1) is 6.10 Å². The number of aliphatic hydroxyl groups excluding tert-OH is 1. The highest BCUT2D eigenvalue weighted by molar-refractivity contribution is 6.29. The van der Waals surface area contributed by atoms with Crippen LogP contribution < -0.4 is 5.32 Å². The van der Waals surface area contributed by atoms with Crippen molar-refractivity contribution in [2.24, 2.45) is 0 Å². The lowest BCUT2D eigenvalue weighted by Crippen LogP contribution is -2.25. The number of amides is 1. The van der Waals surface area contributed by atoms with Crippen LogP contribution >= 0.6 is 11.6 Å². The van der Waals surface area contributed by atoms with Gasteiger partial charge in [0.15, 0.2) is 0 Å². The number of pyridine rings is 1. The topological polar surface area (TPSA) is 62.2 Å². The van der Waals surface area contributed by atoms with Crippen LogP contribution in [-0.2, 0) is 6.42 Å². The molecule has 5 heteroatoms. The van der Waals surface area contributed by atoms with Gasteiger partial charge in [0, 0.05) is 17.8 Å². The van der Waals surface area contributed by atoms with Crippen molar-refractivity contribution in [1.29, 1.82) is 0 Å². The molecule has 0 aromatic carbocycles. The Morgan fingerprint density at radius 3 is 2.89 bits per heavy atom. The highest BCUT2D eigenvalue weighted by Gasteiger charge is 2.08. The Balaban J connectivity index is 2.56. The maximum absolute atomic E-state index is 11.9. The third kappa shape index (κ3) is 6.03. The minimum absolute atomic E-state index is 0.146. The number of nitrogens with one attached hydrogen (secondary N) is 1. The summed E-state index contributed by atoms with van der Waals surface area (Å²) in [6.07, 6.45) is 2.87. The Labute approximate surface area is 119 Å². The van der Waals surface area contributed by atoms with E-state index in [0.29, 0.717) is 23.7 Å². The second-order valence-electron chi connectivity index (χ2n) is 4.67. The first-order valence-electron chi connectivity index (χ1n) is 6.65. The number of rotatable bonds is 7. The minimum atomic E-state index is -0.330. The third-order valence-electron chi connectivity index (χ3n) is 2.70. The molecule has 1 aromatic heterocycles. The molecule has 0 bridgehead atoms. The smallest absolute Gasteiger partial charge is 0.251 e. The van der Waals surface area contributed by atoms with Crippen LogP contribution in [0.3, 0.4) is 0 Å². The second-order valence-corrected chi connectivity index (χ2v) is 5.05. The Bertz CT molecular complexity index is 422. The van der Waals surface area contributed by atoms with Crippen molar-refractivity contribution in [3.63, 3.8) is 0 Å². The molecule has 0 saturated heterocycles. The maximum atomic E-state index is 11.9. The fraction of sp³-hybridized carbons (Fsp3) is 0.571. The predicted molar refractivity (Wildman–Crippen MR) is 76.5 cm³/mol. The van der Waals surface area contributed by atoms with Crippen LogP contribution in [0.4, 0.5) is 0 Å². The lowest BCUT2D eigenvalue weighted by molar-refractivity contribution is 0.0949. The number of nitrogens with zero attached hydrogens (tertiary/aromatic N) is 1. The average molecular weight is 285 g/mol. The van der Waals surface area contributed by atoms with Gasteiger partial charge >= 0.3 is 0 Å². The van der Waals surface area contributed by atoms with E-state index in [1.54, 1.807) is 19.1 Å². The van der Waals surface area contributed by atoms with Crippen LogP contribution in [0.5, 0.6) is 0 Å². The monoisotopic (exact) mass is 284 g/mol. The maximum Gasteiger partial charge on any atom is 0.251 e. The first-order valence-corrected chi connectivity index (χ1v) is 7.03. The normalized spacial score (nSPS) is 12.2. The molecule has 0 spiro atoms. The molecule has 0 aliphatic rings. The average Bonchev–Trinajstić information content (AvgIpc) is 2.34. The summed E-state index contributed by atoms with van der Waals surface area (Å²) < 4.78 is 0. The van der Waals surface area contributed by atoms with Crippen LogP contribution in [0.1, 0.15) is 49.2 Å². The van der Waals surface area contributed by atoms with Gasteiger partial charge in [-0.3, -0.25) is 4.79 Å². The molecule has 1 amide bonds. The van der Waals surface area contributed by atoms with Gasteiger partial charge in [-0.2, -0.15) is 0 Å². The van der Waals surface area contributed by atoms with Crippen LogP contribution in [0.2, 0.25) is 5.15 Å². The minimum Gasteiger partial charge on any atom is -0.393 e. The molecular weight excluding hydrogens is 264 g/mol. The molecular formula is C14H21ClN2O2. The highest BCUT2D eigenvalue weighted by Crippen LogP contribution is 2.12. The van der Waals surface area contributed by atoms with E-state index in [1.165, 1.54) is 0 Å². The molecule has 0 aliphatic carbocycles. The van der Waals surface area contributed by atoms with E-state index < -0.39 is 0 Å². The van der Waals surface area contributed by atoms with E-state index in [-0.39, 0.29) is 12.0 Å². The van der Waals surface area contributed by atoms with Crippen molar-refractivity contribution in [2.45, 2.75) is 45.6 Å². The summed E-state index contributed by atoms with van der Waals surface area (Å²) in [5.74, 6) is -0.146. The van der Waals surface area contributed by atoms with E-state index >= 15 is 0 Å². The number of hydrogen-bond donors (Lipinski definition) is 2. The summed E-state index contributed by atoms with van der Waals surface area (Å²) in [5, 5.41) is 12.3. The fourth-order valence-electron chi connectivity index (χ4n) is 1.77. The van der Waals surface area contributed by atoms with Gasteiger partial charge in [-0.05, 0) is 38.3 Å². The van der Waals surface area contributed by atoms with Crippen molar-refractivity contribution in [3.05, 3.63) is 28.5 Å². The molecule has 19 heavy (non-hydrogen) atoms. The van der Waals surface area contributed by atoms with Crippen LogP contribution in [0, 0.1) is 0 Å². The molecule has 1 heterocycles. The summed E-state index contributed by atoms with van der Waals surface area (Å²) in [4.78, 5) is 16.1. The van der Waals surface area contributed by atoms with E-state index in [2.05, 4.69) is 17.2 Å². The van der Waals surface area contributed by atoms with Gasteiger partial charge in [-0.25, -0.2) is 4.98 Å². The Kier molecular flexibility index (Phi) is 6.81. The fourth-order valence-corrected chi connectivity index (χ4v) is 1.99. The summed E-state index contributed by atoms with van der Waals surface area (Å²) in [6, 6.07) is 3.35. The van der Waals surface area contributed by atoms with Gasteiger partial charge < -0.3 is 10.4 Å². The molecule has 2 N–H and O–H groups in total. The van der Waals surface area contributed by atoms with Crippen molar-refractivity contribution in [1.82, 2.24) is 10.3 Å². The van der Waals surface area contributed by atoms with Crippen LogP contribution in [0.25, 0.3) is 0 Å². The van der Waals surface area contributed by atoms with E-state index in [9.17, 15) is 4.79 Å². The van der Waals surface area contributed by atoms with Crippen molar-refractivity contribution >= 4 is 17.5 Å². The van der Waals surface area contributed by atoms with E-state index in [1.807, 2.05) is 0 Å². The molecule has 4 nitrogen and oxygen atoms in total. The van der Waals surface area contributed by atoms with Gasteiger partial charge in [0.25, 0.3) is 5.91 Å². The van der Waals surface area contributed by atoms with Crippen LogP contribution in [-0.4, -0.2) is 28.6 Å². The SMILES string of the molecule is CCCc1cc(C(=O)NCCCC(C)O)cc(Cl)n1. The van der Waals surface area contributed by atoms with Crippen molar-refractivity contribution in [3.8, 4) is 0 Å². The molecule has 0 aliphatic heterocycles. The summed E-state index contributed by atoms with van der Waals surface area (Å²) >= 11 is 5.91. The Morgan fingerprint density at radius 1 is 1.53 bits per heavy atom. The molecule has 1 aromatic rings. The lowest BCUT2D eigenvalue weighted by atomic mass is 10.1. The molecule has 0 radical (unpaired) electrons. The largest absolute Gasteiger partial charge is 0.393 e. The Morgan fingerprint density at radius 2 is 2.26 bits per heavy atom. The first-order chi connectivity index (χ1) is 9.02. The quantitative estimate of drug-likeness (QED) is 0.597. The molecule has 106 valence electrons. The number of carbonyl (C=O) groups excluding carboxylic acids is 1. The predicted octanol–water partition coefficient (Wildman–Crippen LogP) is 2.58. The number of aryl methyl sites for hydroxylation is 1. The van der Waals surface area contributed by atoms with Crippen molar-refractivity contribution < 1.29 is 9.90 Å². The Hall–Kier alpha value is -1.13. The second kappa shape index (κ2) is 8.12. The zero-order chi connectivity index (χ0) is 14.3. The van der Waals surface area contributed by atoms with Crippen molar-refractivity contribution in [2.75, 3.05) is 6.54 Å². The van der Waals surface area contributed by atoms with Gasteiger partial charge in [-0.15, -0.1) is 0 Å². The molecule has 1 unspecified atom stereocenters. The number of carbonyl (C=O) groups is 1. The number of hydrogen-bond acceptors (Lipinski definition) is 3. The number of aliphatic hydroxyl groups is 1. The summed E-state index contributed by atoms with van der Waals surface area (Å²) in [7, 11) is 0. The van der Waals surface area contributed by atoms with Crippen LogP contribution in [0.15, 0.2) is 12.1 Å². The standard InChI is InChI=1S/C14H21ClN2O2/c1-3-5-12-8-11(9-13(15)17-12)14(19)16-7-4-6-10(2)18/h8-10,18H,3-7H2,1-2H3,(H,16,19). The molecule has 0 saturated carbocycles. The van der Waals surface area contributed by atoms with E-state index in [4.69, 9.17) is 16.7 Å². The third-order valence-corrected chi connectivity index (χ3v) is 2.89. The molecule has 1 rings (SSSR count). The van der Waals surface area contributed by atoms with Gasteiger partial charge in [0.2, 0.25) is 0 Å². The van der Waals surface area contributed by atoms with Gasteiger partial charge in [0.1, 0.15) is 5.15 Å². The molecule has 1 atom stereocenters. The first kappa shape index (κ1) is 15.9. The zero-order valence-corrected chi connectivity index (χ0v) is 12.2. The number of aromatic nitrogens is 1. The van der Waals surface area contributed by atoms with Gasteiger partial charge in [-0.1, -0.05) is 24.9 Å². The molecule has 0 fully saturated rings. The highest BCUT2D eigenvalue weighted by atomic mass is 35.5.